The summed E-state index contributed by atoms with van der Waals surface area (Å²) in [6, 6.07) is 7.44. The van der Waals surface area contributed by atoms with Crippen molar-refractivity contribution >= 4 is 11.9 Å². The number of carbonyl (C=O) groups excluding carboxylic acids is 1. The highest BCUT2D eigenvalue weighted by Gasteiger charge is 2.28. The Hall–Kier alpha value is -1.92. The number of aliphatic carboxylic acids is 1. The Morgan fingerprint density at radius 1 is 1.26 bits per heavy atom. The highest BCUT2D eigenvalue weighted by Crippen LogP contribution is 2.13. The molecule has 0 radical (unpaired) electrons. The molecule has 0 bridgehead atoms. The second-order valence-corrected chi connectivity index (χ2v) is 4.12. The van der Waals surface area contributed by atoms with Crippen molar-refractivity contribution in [3.05, 3.63) is 35.9 Å². The molecular weight excluding hydrogens is 250 g/mol. The molecule has 0 aliphatic carbocycles. The highest BCUT2D eigenvalue weighted by molar-refractivity contribution is 5.87. The molecule has 6 heteroatoms. The maximum atomic E-state index is 11.9. The Balaban J connectivity index is 2.04. The lowest BCUT2D eigenvalue weighted by Crippen LogP contribution is -2.45. The van der Waals surface area contributed by atoms with Crippen molar-refractivity contribution in [1.29, 1.82) is 0 Å². The molecule has 1 aromatic carbocycles. The van der Waals surface area contributed by atoms with Gasteiger partial charge in [-0.05, 0) is 5.56 Å². The predicted molar refractivity (Wildman–Crippen MR) is 65.5 cm³/mol. The van der Waals surface area contributed by atoms with Crippen LogP contribution >= 0.6 is 0 Å². The van der Waals surface area contributed by atoms with E-state index in [2.05, 4.69) is 5.32 Å². The van der Waals surface area contributed by atoms with E-state index in [1.807, 2.05) is 0 Å². The summed E-state index contributed by atoms with van der Waals surface area (Å²) in [6.45, 7) is 0.930. The first-order valence-corrected chi connectivity index (χ1v) is 5.96. The Morgan fingerprint density at radius 2 is 2.00 bits per heavy atom. The van der Waals surface area contributed by atoms with Gasteiger partial charge in [0.05, 0.1) is 19.8 Å². The van der Waals surface area contributed by atoms with Gasteiger partial charge in [-0.25, -0.2) is 4.79 Å². The molecule has 1 heterocycles. The fourth-order valence-electron chi connectivity index (χ4n) is 1.81. The third-order valence-electron chi connectivity index (χ3n) is 2.77. The standard InChI is InChI=1S/C13H15NO5/c15-12(10-8-18-6-7-19-10)14-11(13(16)17)9-4-2-1-3-5-9/h1-5,10-11H,6-8H2,(H,14,15)(H,16,17)/t10-,11-/m0/s1. The summed E-state index contributed by atoms with van der Waals surface area (Å²) in [5.41, 5.74) is 0.514. The zero-order valence-electron chi connectivity index (χ0n) is 10.2. The number of benzene rings is 1. The average Bonchev–Trinajstić information content (AvgIpc) is 2.46. The Bertz CT molecular complexity index is 442. The molecule has 0 unspecified atom stereocenters. The van der Waals surface area contributed by atoms with Crippen molar-refractivity contribution in [3.63, 3.8) is 0 Å². The predicted octanol–water partition coefficient (Wildman–Crippen LogP) is 0.344. The zero-order valence-corrected chi connectivity index (χ0v) is 10.2. The molecule has 2 atom stereocenters. The summed E-state index contributed by atoms with van der Waals surface area (Å²) >= 11 is 0. The van der Waals surface area contributed by atoms with E-state index >= 15 is 0 Å². The number of amides is 1. The van der Waals surface area contributed by atoms with Crippen LogP contribution in [0.3, 0.4) is 0 Å². The van der Waals surface area contributed by atoms with Crippen LogP contribution in [0.25, 0.3) is 0 Å². The van der Waals surface area contributed by atoms with Crippen LogP contribution in [0.2, 0.25) is 0 Å². The summed E-state index contributed by atoms with van der Waals surface area (Å²) in [5.74, 6) is -1.59. The van der Waals surface area contributed by atoms with E-state index in [0.717, 1.165) is 0 Å². The van der Waals surface area contributed by atoms with Gasteiger partial charge in [-0.3, -0.25) is 4.79 Å². The molecule has 1 aromatic rings. The van der Waals surface area contributed by atoms with E-state index in [4.69, 9.17) is 9.47 Å². The number of carboxylic acids is 1. The first-order chi connectivity index (χ1) is 9.18. The lowest BCUT2D eigenvalue weighted by Gasteiger charge is -2.24. The summed E-state index contributed by atoms with van der Waals surface area (Å²) in [7, 11) is 0. The van der Waals surface area contributed by atoms with E-state index in [1.165, 1.54) is 0 Å². The van der Waals surface area contributed by atoms with Crippen molar-refractivity contribution < 1.29 is 24.2 Å². The van der Waals surface area contributed by atoms with E-state index < -0.39 is 24.0 Å². The number of hydrogen-bond donors (Lipinski definition) is 2. The van der Waals surface area contributed by atoms with Gasteiger partial charge in [0.1, 0.15) is 0 Å². The SMILES string of the molecule is O=C(N[C@H](C(=O)O)c1ccccc1)[C@@H]1COCCO1. The Labute approximate surface area is 110 Å². The smallest absolute Gasteiger partial charge is 0.330 e. The molecule has 2 N–H and O–H groups in total. The summed E-state index contributed by atoms with van der Waals surface area (Å²) in [6.07, 6.45) is -0.751. The van der Waals surface area contributed by atoms with Gasteiger partial charge in [-0.15, -0.1) is 0 Å². The van der Waals surface area contributed by atoms with E-state index in [1.54, 1.807) is 30.3 Å². The maximum absolute atomic E-state index is 11.9. The lowest BCUT2D eigenvalue weighted by atomic mass is 10.1. The fourth-order valence-corrected chi connectivity index (χ4v) is 1.81. The van der Waals surface area contributed by atoms with Crippen LogP contribution in [0.5, 0.6) is 0 Å². The molecule has 1 saturated heterocycles. The van der Waals surface area contributed by atoms with Gasteiger partial charge < -0.3 is 19.9 Å². The number of carboxylic acid groups (broad SMARTS) is 1. The van der Waals surface area contributed by atoms with Crippen LogP contribution in [0.1, 0.15) is 11.6 Å². The molecular formula is C13H15NO5. The first-order valence-electron chi connectivity index (χ1n) is 5.96. The number of hydrogen-bond acceptors (Lipinski definition) is 4. The Kier molecular flexibility index (Phi) is 4.48. The van der Waals surface area contributed by atoms with Crippen LogP contribution in [-0.2, 0) is 19.1 Å². The minimum absolute atomic E-state index is 0.146. The lowest BCUT2D eigenvalue weighted by molar-refractivity contribution is -0.152. The van der Waals surface area contributed by atoms with Crippen LogP contribution in [0.15, 0.2) is 30.3 Å². The van der Waals surface area contributed by atoms with Gasteiger partial charge in [0.25, 0.3) is 5.91 Å². The van der Waals surface area contributed by atoms with Crippen molar-refractivity contribution in [2.45, 2.75) is 12.1 Å². The minimum atomic E-state index is -1.11. The monoisotopic (exact) mass is 265 g/mol. The van der Waals surface area contributed by atoms with Gasteiger partial charge in [0, 0.05) is 0 Å². The average molecular weight is 265 g/mol. The highest BCUT2D eigenvalue weighted by atomic mass is 16.6. The fraction of sp³-hybridized carbons (Fsp3) is 0.385. The van der Waals surface area contributed by atoms with Crippen molar-refractivity contribution in [1.82, 2.24) is 5.32 Å². The van der Waals surface area contributed by atoms with Crippen LogP contribution in [0.4, 0.5) is 0 Å². The number of rotatable bonds is 4. The quantitative estimate of drug-likeness (QED) is 0.820. The van der Waals surface area contributed by atoms with E-state index in [9.17, 15) is 14.7 Å². The molecule has 0 aromatic heterocycles. The van der Waals surface area contributed by atoms with Gasteiger partial charge >= 0.3 is 5.97 Å². The number of carbonyl (C=O) groups is 2. The summed E-state index contributed by atoms with van der Waals surface area (Å²) in [5, 5.41) is 11.6. The van der Waals surface area contributed by atoms with E-state index in [-0.39, 0.29) is 6.61 Å². The molecule has 1 amide bonds. The van der Waals surface area contributed by atoms with E-state index in [0.29, 0.717) is 18.8 Å². The second-order valence-electron chi connectivity index (χ2n) is 4.12. The molecule has 0 saturated carbocycles. The largest absolute Gasteiger partial charge is 0.479 e. The third-order valence-corrected chi connectivity index (χ3v) is 2.77. The normalized spacial score (nSPS) is 20.5. The Morgan fingerprint density at radius 3 is 2.58 bits per heavy atom. The first kappa shape index (κ1) is 13.5. The molecule has 6 nitrogen and oxygen atoms in total. The van der Waals surface area contributed by atoms with Crippen molar-refractivity contribution in [3.8, 4) is 0 Å². The second kappa shape index (κ2) is 6.31. The molecule has 2 rings (SSSR count). The molecule has 102 valence electrons. The number of nitrogens with one attached hydrogen (secondary N) is 1. The zero-order chi connectivity index (χ0) is 13.7. The van der Waals surface area contributed by atoms with Crippen LogP contribution in [-0.4, -0.2) is 42.9 Å². The maximum Gasteiger partial charge on any atom is 0.330 e. The summed E-state index contributed by atoms with van der Waals surface area (Å²) in [4.78, 5) is 23.1. The van der Waals surface area contributed by atoms with Crippen LogP contribution in [0, 0.1) is 0 Å². The molecule has 1 aliphatic heterocycles. The van der Waals surface area contributed by atoms with Gasteiger partial charge in [0.15, 0.2) is 12.1 Å². The van der Waals surface area contributed by atoms with Gasteiger partial charge in [-0.1, -0.05) is 30.3 Å². The number of ether oxygens (including phenoxy) is 2. The van der Waals surface area contributed by atoms with Crippen molar-refractivity contribution in [2.75, 3.05) is 19.8 Å². The van der Waals surface area contributed by atoms with Crippen molar-refractivity contribution in [2.24, 2.45) is 0 Å². The molecule has 1 fully saturated rings. The minimum Gasteiger partial charge on any atom is -0.479 e. The third kappa shape index (κ3) is 3.52. The topological polar surface area (TPSA) is 84.9 Å². The van der Waals surface area contributed by atoms with Gasteiger partial charge in [-0.2, -0.15) is 0 Å². The van der Waals surface area contributed by atoms with Crippen LogP contribution < -0.4 is 5.32 Å². The molecule has 19 heavy (non-hydrogen) atoms. The summed E-state index contributed by atoms with van der Waals surface area (Å²) < 4.78 is 10.3. The molecule has 1 aliphatic rings. The van der Waals surface area contributed by atoms with Gasteiger partial charge in [0.2, 0.25) is 0 Å². The molecule has 0 spiro atoms.